The third-order valence-electron chi connectivity index (χ3n) is 3.35. The van der Waals surface area contributed by atoms with Gasteiger partial charge >= 0.3 is 0 Å². The molecule has 18 heavy (non-hydrogen) atoms. The van der Waals surface area contributed by atoms with Crippen LogP contribution >= 0.6 is 0 Å². The van der Waals surface area contributed by atoms with E-state index in [1.54, 1.807) is 0 Å². The van der Waals surface area contributed by atoms with Crippen molar-refractivity contribution in [1.29, 1.82) is 0 Å². The molecule has 1 atom stereocenters. The van der Waals surface area contributed by atoms with Gasteiger partial charge < -0.3 is 5.11 Å². The smallest absolute Gasteiger partial charge is 0.164 e. The van der Waals surface area contributed by atoms with E-state index >= 15 is 0 Å². The number of ketones is 1. The second-order valence-corrected chi connectivity index (χ2v) is 5.20. The summed E-state index contributed by atoms with van der Waals surface area (Å²) in [7, 11) is 0. The van der Waals surface area contributed by atoms with Crippen LogP contribution in [0.1, 0.15) is 30.1 Å². The number of likely N-dealkylation sites (tertiary alicyclic amines) is 1. The van der Waals surface area contributed by atoms with Crippen molar-refractivity contribution in [2.45, 2.75) is 25.4 Å². The zero-order valence-electron chi connectivity index (χ0n) is 10.5. The molecule has 98 valence electrons. The van der Waals surface area contributed by atoms with Crippen molar-refractivity contribution in [1.82, 2.24) is 4.90 Å². The Kier molecular flexibility index (Phi) is 3.78. The number of nitrogens with zero attached hydrogens (tertiary/aromatic N) is 1. The van der Waals surface area contributed by atoms with Gasteiger partial charge in [-0.15, -0.1) is 0 Å². The first-order valence-corrected chi connectivity index (χ1v) is 6.20. The molecule has 1 heterocycles. The minimum absolute atomic E-state index is 0.0153. The molecule has 1 fully saturated rings. The summed E-state index contributed by atoms with van der Waals surface area (Å²) in [5.74, 6) is -0.316. The van der Waals surface area contributed by atoms with Crippen LogP contribution in [0.3, 0.4) is 0 Å². The molecule has 0 bridgehead atoms. The lowest BCUT2D eigenvalue weighted by Gasteiger charge is -2.18. The van der Waals surface area contributed by atoms with E-state index < -0.39 is 5.60 Å². The molecule has 1 unspecified atom stereocenters. The van der Waals surface area contributed by atoms with Crippen LogP contribution in [-0.4, -0.2) is 41.0 Å². The van der Waals surface area contributed by atoms with Crippen LogP contribution < -0.4 is 0 Å². The molecule has 0 aliphatic carbocycles. The van der Waals surface area contributed by atoms with E-state index in [0.29, 0.717) is 25.1 Å². The number of hydrogen-bond acceptors (Lipinski definition) is 3. The maximum Gasteiger partial charge on any atom is 0.164 e. The van der Waals surface area contributed by atoms with E-state index in [-0.39, 0.29) is 11.6 Å². The molecule has 1 aromatic rings. The van der Waals surface area contributed by atoms with Gasteiger partial charge in [0.15, 0.2) is 5.78 Å². The quantitative estimate of drug-likeness (QED) is 0.830. The van der Waals surface area contributed by atoms with Gasteiger partial charge in [0.2, 0.25) is 0 Å². The van der Waals surface area contributed by atoms with Crippen molar-refractivity contribution < 1.29 is 14.3 Å². The van der Waals surface area contributed by atoms with Crippen LogP contribution in [-0.2, 0) is 0 Å². The van der Waals surface area contributed by atoms with Gasteiger partial charge in [0.1, 0.15) is 5.82 Å². The van der Waals surface area contributed by atoms with Gasteiger partial charge in [0, 0.05) is 31.6 Å². The highest BCUT2D eigenvalue weighted by Crippen LogP contribution is 2.20. The maximum atomic E-state index is 12.7. The number of halogens is 1. The zero-order chi connectivity index (χ0) is 13.2. The predicted octanol–water partition coefficient (Wildman–Crippen LogP) is 1.86. The highest BCUT2D eigenvalue weighted by atomic mass is 19.1. The standard InChI is InChI=1S/C14H18FNO2/c1-14(18)7-9-16(10-14)8-6-13(17)11-2-4-12(15)5-3-11/h2-5,18H,6-10H2,1H3. The molecule has 0 spiro atoms. The van der Waals surface area contributed by atoms with E-state index in [0.717, 1.165) is 13.0 Å². The van der Waals surface area contributed by atoms with Crippen molar-refractivity contribution in [2.75, 3.05) is 19.6 Å². The number of benzene rings is 1. The van der Waals surface area contributed by atoms with E-state index in [1.807, 2.05) is 6.92 Å². The Morgan fingerprint density at radius 3 is 2.67 bits per heavy atom. The van der Waals surface area contributed by atoms with Crippen LogP contribution in [0.25, 0.3) is 0 Å². The molecular formula is C14H18FNO2. The molecule has 0 radical (unpaired) electrons. The Bertz CT molecular complexity index is 428. The average molecular weight is 251 g/mol. The summed E-state index contributed by atoms with van der Waals surface area (Å²) in [6, 6.07) is 5.62. The normalized spacial score (nSPS) is 24.4. The molecule has 0 amide bonds. The van der Waals surface area contributed by atoms with E-state index in [4.69, 9.17) is 0 Å². The summed E-state index contributed by atoms with van der Waals surface area (Å²) >= 11 is 0. The molecule has 0 aromatic heterocycles. The topological polar surface area (TPSA) is 40.5 Å². The first-order valence-electron chi connectivity index (χ1n) is 6.20. The number of aliphatic hydroxyl groups is 1. The summed E-state index contributed by atoms with van der Waals surface area (Å²) in [5.41, 5.74) is -0.0822. The summed E-state index contributed by atoms with van der Waals surface area (Å²) in [6.45, 7) is 3.90. The lowest BCUT2D eigenvalue weighted by atomic mass is 10.1. The molecule has 1 N–H and O–H groups in total. The maximum absolute atomic E-state index is 12.7. The molecule has 1 aliphatic heterocycles. The Morgan fingerprint density at radius 1 is 1.44 bits per heavy atom. The molecule has 3 nitrogen and oxygen atoms in total. The Balaban J connectivity index is 1.84. The lowest BCUT2D eigenvalue weighted by Crippen LogP contribution is -2.31. The highest BCUT2D eigenvalue weighted by molar-refractivity contribution is 5.96. The molecule has 4 heteroatoms. The van der Waals surface area contributed by atoms with Gasteiger partial charge in [-0.05, 0) is 37.6 Å². The lowest BCUT2D eigenvalue weighted by molar-refractivity contribution is 0.0677. The highest BCUT2D eigenvalue weighted by Gasteiger charge is 2.31. The molecular weight excluding hydrogens is 233 g/mol. The van der Waals surface area contributed by atoms with Crippen LogP contribution in [0.2, 0.25) is 0 Å². The van der Waals surface area contributed by atoms with Crippen molar-refractivity contribution in [3.05, 3.63) is 35.6 Å². The number of Topliss-reactive ketones (excluding diaryl/α,β-unsaturated/α-hetero) is 1. The summed E-state index contributed by atoms with van der Waals surface area (Å²) < 4.78 is 12.7. The molecule has 0 saturated carbocycles. The Labute approximate surface area is 106 Å². The fraction of sp³-hybridized carbons (Fsp3) is 0.500. The Hall–Kier alpha value is -1.26. The molecule has 1 aliphatic rings. The Morgan fingerprint density at radius 2 is 2.11 bits per heavy atom. The second-order valence-electron chi connectivity index (χ2n) is 5.20. The minimum atomic E-state index is -0.626. The summed E-state index contributed by atoms with van der Waals surface area (Å²) in [5, 5.41) is 9.81. The summed E-state index contributed by atoms with van der Waals surface area (Å²) in [6.07, 6.45) is 1.15. The zero-order valence-corrected chi connectivity index (χ0v) is 10.5. The number of carbonyl (C=O) groups is 1. The average Bonchev–Trinajstić information content (AvgIpc) is 2.67. The monoisotopic (exact) mass is 251 g/mol. The van der Waals surface area contributed by atoms with Crippen molar-refractivity contribution >= 4 is 5.78 Å². The predicted molar refractivity (Wildman–Crippen MR) is 67.0 cm³/mol. The van der Waals surface area contributed by atoms with E-state index in [9.17, 15) is 14.3 Å². The molecule has 1 saturated heterocycles. The SMILES string of the molecule is CC1(O)CCN(CCC(=O)c2ccc(F)cc2)C1. The first kappa shape index (κ1) is 13.2. The van der Waals surface area contributed by atoms with Gasteiger partial charge in [-0.25, -0.2) is 4.39 Å². The van der Waals surface area contributed by atoms with Gasteiger partial charge in [0.25, 0.3) is 0 Å². The van der Waals surface area contributed by atoms with Gasteiger partial charge in [-0.3, -0.25) is 9.69 Å². The molecule has 2 rings (SSSR count). The fourth-order valence-corrected chi connectivity index (χ4v) is 2.27. The number of carbonyl (C=O) groups excluding carboxylic acids is 1. The first-order chi connectivity index (χ1) is 8.46. The number of hydrogen-bond donors (Lipinski definition) is 1. The molecule has 1 aromatic carbocycles. The number of β-amino-alcohol motifs (C(OH)–C–C–N with tert-alkyl or cyclic N) is 1. The van der Waals surface area contributed by atoms with Crippen LogP contribution in [0.4, 0.5) is 4.39 Å². The minimum Gasteiger partial charge on any atom is -0.389 e. The van der Waals surface area contributed by atoms with Crippen LogP contribution in [0, 0.1) is 5.82 Å². The second kappa shape index (κ2) is 5.16. The third-order valence-corrected chi connectivity index (χ3v) is 3.35. The van der Waals surface area contributed by atoms with Gasteiger partial charge in [0.05, 0.1) is 5.60 Å². The summed E-state index contributed by atoms with van der Waals surface area (Å²) in [4.78, 5) is 13.9. The number of rotatable bonds is 4. The largest absolute Gasteiger partial charge is 0.389 e. The van der Waals surface area contributed by atoms with Crippen molar-refractivity contribution in [2.24, 2.45) is 0 Å². The van der Waals surface area contributed by atoms with Crippen LogP contribution in [0.5, 0.6) is 0 Å². The van der Waals surface area contributed by atoms with E-state index in [1.165, 1.54) is 24.3 Å². The fourth-order valence-electron chi connectivity index (χ4n) is 2.27. The van der Waals surface area contributed by atoms with Crippen molar-refractivity contribution in [3.63, 3.8) is 0 Å². The van der Waals surface area contributed by atoms with Crippen molar-refractivity contribution in [3.8, 4) is 0 Å². The van der Waals surface area contributed by atoms with E-state index in [2.05, 4.69) is 4.90 Å². The van der Waals surface area contributed by atoms with Gasteiger partial charge in [-0.2, -0.15) is 0 Å². The van der Waals surface area contributed by atoms with Crippen LogP contribution in [0.15, 0.2) is 24.3 Å². The van der Waals surface area contributed by atoms with Gasteiger partial charge in [-0.1, -0.05) is 0 Å². The third kappa shape index (κ3) is 3.37.